The third-order valence-electron chi connectivity index (χ3n) is 3.76. The lowest BCUT2D eigenvalue weighted by molar-refractivity contribution is 0.413. The van der Waals surface area contributed by atoms with Gasteiger partial charge in [-0.25, -0.2) is 8.42 Å². The molecule has 0 aliphatic carbocycles. The van der Waals surface area contributed by atoms with E-state index in [2.05, 4.69) is 15.9 Å². The highest BCUT2D eigenvalue weighted by atomic mass is 79.9. The SMILES string of the molecule is COc1cc(Br)c(S(=O)(=O)N2CCC(C(C)N)C2)cc1Cl. The summed E-state index contributed by atoms with van der Waals surface area (Å²) in [7, 11) is -2.11. The minimum Gasteiger partial charge on any atom is -0.495 e. The second kappa shape index (κ2) is 6.42. The second-order valence-electron chi connectivity index (χ2n) is 5.19. The molecular weight excluding hydrogens is 380 g/mol. The maximum atomic E-state index is 12.7. The highest BCUT2D eigenvalue weighted by Crippen LogP contribution is 2.36. The smallest absolute Gasteiger partial charge is 0.244 e. The number of nitrogens with zero attached hydrogens (tertiary/aromatic N) is 1. The van der Waals surface area contributed by atoms with Crippen LogP contribution in [0.3, 0.4) is 0 Å². The van der Waals surface area contributed by atoms with E-state index in [1.807, 2.05) is 6.92 Å². The molecule has 1 aromatic rings. The van der Waals surface area contributed by atoms with Crippen LogP contribution >= 0.6 is 27.5 Å². The summed E-state index contributed by atoms with van der Waals surface area (Å²) >= 11 is 9.32. The van der Waals surface area contributed by atoms with Crippen molar-refractivity contribution < 1.29 is 13.2 Å². The van der Waals surface area contributed by atoms with E-state index in [9.17, 15) is 8.42 Å². The van der Waals surface area contributed by atoms with Crippen molar-refractivity contribution in [2.45, 2.75) is 24.3 Å². The molecule has 1 fully saturated rings. The van der Waals surface area contributed by atoms with Gasteiger partial charge in [0.25, 0.3) is 0 Å². The fourth-order valence-corrected chi connectivity index (χ4v) is 5.23. The molecule has 1 saturated heterocycles. The molecule has 0 saturated carbocycles. The summed E-state index contributed by atoms with van der Waals surface area (Å²) < 4.78 is 32.4. The third-order valence-corrected chi connectivity index (χ3v) is 6.87. The topological polar surface area (TPSA) is 72.6 Å². The number of ether oxygens (including phenoxy) is 1. The van der Waals surface area contributed by atoms with E-state index in [0.29, 0.717) is 23.3 Å². The van der Waals surface area contributed by atoms with Gasteiger partial charge >= 0.3 is 0 Å². The number of hydrogen-bond acceptors (Lipinski definition) is 4. The number of rotatable bonds is 4. The fraction of sp³-hybridized carbons (Fsp3) is 0.538. The van der Waals surface area contributed by atoms with Gasteiger partial charge in [-0.2, -0.15) is 4.31 Å². The monoisotopic (exact) mass is 396 g/mol. The molecule has 0 aromatic heterocycles. The quantitative estimate of drug-likeness (QED) is 0.847. The number of benzene rings is 1. The van der Waals surface area contributed by atoms with Gasteiger partial charge in [0.15, 0.2) is 0 Å². The van der Waals surface area contributed by atoms with E-state index in [1.165, 1.54) is 17.5 Å². The second-order valence-corrected chi connectivity index (χ2v) is 8.36. The van der Waals surface area contributed by atoms with Gasteiger partial charge in [0.1, 0.15) is 5.75 Å². The van der Waals surface area contributed by atoms with Gasteiger partial charge in [-0.15, -0.1) is 0 Å². The van der Waals surface area contributed by atoms with Crippen molar-refractivity contribution >= 4 is 37.6 Å². The van der Waals surface area contributed by atoms with E-state index >= 15 is 0 Å². The molecular formula is C13H18BrClN2O3S. The maximum Gasteiger partial charge on any atom is 0.244 e. The Hall–Kier alpha value is -0.340. The van der Waals surface area contributed by atoms with Crippen LogP contribution in [0.15, 0.2) is 21.5 Å². The summed E-state index contributed by atoms with van der Waals surface area (Å²) in [6.07, 6.45) is 0.776. The van der Waals surface area contributed by atoms with Crippen LogP contribution in [0.25, 0.3) is 0 Å². The first-order valence-corrected chi connectivity index (χ1v) is 9.17. The molecule has 118 valence electrons. The molecule has 21 heavy (non-hydrogen) atoms. The Bertz CT molecular complexity index is 637. The van der Waals surface area contributed by atoms with Crippen LogP contribution in [0.1, 0.15) is 13.3 Å². The van der Waals surface area contributed by atoms with Crippen LogP contribution in [0, 0.1) is 5.92 Å². The average Bonchev–Trinajstić information content (AvgIpc) is 2.91. The van der Waals surface area contributed by atoms with Crippen LogP contribution in [0.4, 0.5) is 0 Å². The normalized spacial score (nSPS) is 21.5. The van der Waals surface area contributed by atoms with Crippen molar-refractivity contribution in [3.05, 3.63) is 21.6 Å². The lowest BCUT2D eigenvalue weighted by atomic mass is 10.0. The minimum atomic E-state index is -3.59. The molecule has 8 heteroatoms. The molecule has 0 amide bonds. The summed E-state index contributed by atoms with van der Waals surface area (Å²) in [5, 5.41) is 0.266. The summed E-state index contributed by atoms with van der Waals surface area (Å²) in [4.78, 5) is 0.152. The molecule has 2 unspecified atom stereocenters. The molecule has 5 nitrogen and oxygen atoms in total. The zero-order chi connectivity index (χ0) is 15.8. The fourth-order valence-electron chi connectivity index (χ4n) is 2.40. The van der Waals surface area contributed by atoms with Gasteiger partial charge in [-0.3, -0.25) is 0 Å². The van der Waals surface area contributed by atoms with Crippen molar-refractivity contribution in [2.24, 2.45) is 11.7 Å². The van der Waals surface area contributed by atoms with Crippen LogP contribution in [-0.4, -0.2) is 39.0 Å². The van der Waals surface area contributed by atoms with E-state index in [-0.39, 0.29) is 21.9 Å². The summed E-state index contributed by atoms with van der Waals surface area (Å²) in [5.74, 6) is 0.615. The zero-order valence-electron chi connectivity index (χ0n) is 11.8. The van der Waals surface area contributed by atoms with Crippen molar-refractivity contribution in [1.82, 2.24) is 4.31 Å². The van der Waals surface area contributed by atoms with Crippen LogP contribution in [-0.2, 0) is 10.0 Å². The summed E-state index contributed by atoms with van der Waals surface area (Å²) in [6, 6.07) is 2.96. The molecule has 1 heterocycles. The first kappa shape index (κ1) is 17.0. The van der Waals surface area contributed by atoms with Gasteiger partial charge in [-0.1, -0.05) is 11.6 Å². The number of sulfonamides is 1. The molecule has 1 aromatic carbocycles. The molecule has 1 aliphatic heterocycles. The van der Waals surface area contributed by atoms with E-state index < -0.39 is 10.0 Å². The Morgan fingerprint density at radius 3 is 2.71 bits per heavy atom. The Balaban J connectivity index is 2.35. The lowest BCUT2D eigenvalue weighted by Crippen LogP contribution is -2.33. The standard InChI is InChI=1S/C13H18BrClN2O3S/c1-8(16)9-3-4-17(7-9)21(18,19)13-6-11(15)12(20-2)5-10(13)14/h5-6,8-9H,3-4,7,16H2,1-2H3. The average molecular weight is 398 g/mol. The van der Waals surface area contributed by atoms with Gasteiger partial charge < -0.3 is 10.5 Å². The predicted molar refractivity (Wildman–Crippen MR) is 86.2 cm³/mol. The Morgan fingerprint density at radius 1 is 1.52 bits per heavy atom. The van der Waals surface area contributed by atoms with E-state index in [1.54, 1.807) is 6.07 Å². The van der Waals surface area contributed by atoms with Crippen molar-refractivity contribution in [3.63, 3.8) is 0 Å². The molecule has 0 radical (unpaired) electrons. The minimum absolute atomic E-state index is 0.0203. The number of methoxy groups -OCH3 is 1. The van der Waals surface area contributed by atoms with Gasteiger partial charge in [-0.05, 0) is 47.3 Å². The summed E-state index contributed by atoms with van der Waals surface area (Å²) in [5.41, 5.74) is 5.87. The molecule has 2 rings (SSSR count). The number of nitrogens with two attached hydrogens (primary N) is 1. The van der Waals surface area contributed by atoms with Crippen molar-refractivity contribution in [1.29, 1.82) is 0 Å². The number of hydrogen-bond donors (Lipinski definition) is 1. The highest BCUT2D eigenvalue weighted by Gasteiger charge is 2.35. The first-order valence-electron chi connectivity index (χ1n) is 6.56. The zero-order valence-corrected chi connectivity index (χ0v) is 15.0. The van der Waals surface area contributed by atoms with Gasteiger partial charge in [0.05, 0.1) is 17.0 Å². The number of halogens is 2. The molecule has 1 aliphatic rings. The van der Waals surface area contributed by atoms with Crippen LogP contribution in [0.2, 0.25) is 5.02 Å². The first-order chi connectivity index (χ1) is 9.77. The molecule has 0 spiro atoms. The van der Waals surface area contributed by atoms with Crippen molar-refractivity contribution in [2.75, 3.05) is 20.2 Å². The van der Waals surface area contributed by atoms with Gasteiger partial charge in [0, 0.05) is 23.6 Å². The van der Waals surface area contributed by atoms with Crippen LogP contribution in [0.5, 0.6) is 5.75 Å². The molecule has 2 N–H and O–H groups in total. The Labute approximate surface area is 138 Å². The third kappa shape index (κ3) is 3.37. The van der Waals surface area contributed by atoms with Crippen molar-refractivity contribution in [3.8, 4) is 5.75 Å². The largest absolute Gasteiger partial charge is 0.495 e. The van der Waals surface area contributed by atoms with Crippen LogP contribution < -0.4 is 10.5 Å². The predicted octanol–water partition coefficient (Wildman–Crippen LogP) is 2.47. The molecule has 2 atom stereocenters. The maximum absolute atomic E-state index is 12.7. The Morgan fingerprint density at radius 2 is 2.19 bits per heavy atom. The van der Waals surface area contributed by atoms with E-state index in [4.69, 9.17) is 22.1 Å². The van der Waals surface area contributed by atoms with Gasteiger partial charge in [0.2, 0.25) is 10.0 Å². The molecule has 0 bridgehead atoms. The Kier molecular flexibility index (Phi) is 5.20. The summed E-state index contributed by atoms with van der Waals surface area (Å²) in [6.45, 7) is 2.82. The van der Waals surface area contributed by atoms with E-state index in [0.717, 1.165) is 6.42 Å². The lowest BCUT2D eigenvalue weighted by Gasteiger charge is -2.19. The highest BCUT2D eigenvalue weighted by molar-refractivity contribution is 9.10.